The summed E-state index contributed by atoms with van der Waals surface area (Å²) < 4.78 is 0. The smallest absolute Gasteiger partial charge is 0.252 e. The van der Waals surface area contributed by atoms with E-state index in [1.165, 1.54) is 29.8 Å². The second kappa shape index (κ2) is 7.04. The number of nitrogens with zero attached hydrogens (tertiary/aromatic N) is 2. The molecule has 27 heavy (non-hydrogen) atoms. The minimum absolute atomic E-state index is 0.0352. The highest BCUT2D eigenvalue weighted by atomic mass is 32.1. The van der Waals surface area contributed by atoms with Gasteiger partial charge in [0, 0.05) is 28.9 Å². The monoisotopic (exact) mass is 377 g/mol. The average Bonchev–Trinajstić information content (AvgIpc) is 3.31. The third-order valence-corrected chi connectivity index (χ3v) is 6.88. The van der Waals surface area contributed by atoms with Crippen molar-refractivity contribution in [2.75, 3.05) is 6.54 Å². The number of carbonyl (C=O) groups excluding carboxylic acids is 1. The first kappa shape index (κ1) is 16.9. The minimum atomic E-state index is 0.0352. The normalized spacial score (nSPS) is 15.6. The molecule has 0 fully saturated rings. The van der Waals surface area contributed by atoms with Crippen LogP contribution in [0.5, 0.6) is 0 Å². The Morgan fingerprint density at radius 3 is 2.78 bits per heavy atom. The van der Waals surface area contributed by atoms with Crippen LogP contribution in [0.3, 0.4) is 0 Å². The molecule has 2 aliphatic carbocycles. The van der Waals surface area contributed by atoms with Gasteiger partial charge in [-0.2, -0.15) is 0 Å². The van der Waals surface area contributed by atoms with E-state index < -0.39 is 0 Å². The van der Waals surface area contributed by atoms with Crippen LogP contribution in [0.15, 0.2) is 24.3 Å². The summed E-state index contributed by atoms with van der Waals surface area (Å²) in [5, 5.41) is 5.28. The molecule has 138 valence electrons. The van der Waals surface area contributed by atoms with E-state index in [9.17, 15) is 4.79 Å². The molecule has 0 saturated carbocycles. The third-order valence-electron chi connectivity index (χ3n) is 5.66. The summed E-state index contributed by atoms with van der Waals surface area (Å²) in [5.74, 6) is 0.0352. The first-order valence-corrected chi connectivity index (χ1v) is 10.8. The van der Waals surface area contributed by atoms with E-state index in [0.717, 1.165) is 64.8 Å². The van der Waals surface area contributed by atoms with Gasteiger partial charge in [-0.3, -0.25) is 9.78 Å². The molecule has 0 spiro atoms. The van der Waals surface area contributed by atoms with E-state index in [-0.39, 0.29) is 5.91 Å². The van der Waals surface area contributed by atoms with Gasteiger partial charge in [-0.1, -0.05) is 18.2 Å². The SMILES string of the molecule is O=C(NCCc1nc2c(s1)CCCC2)c1c2c(nc3ccccc13)CCC2. The molecule has 0 saturated heterocycles. The maximum atomic E-state index is 13.0. The predicted molar refractivity (Wildman–Crippen MR) is 109 cm³/mol. The maximum absolute atomic E-state index is 13.0. The van der Waals surface area contributed by atoms with Crippen molar-refractivity contribution in [2.45, 2.75) is 51.4 Å². The number of hydrogen-bond donors (Lipinski definition) is 1. The summed E-state index contributed by atoms with van der Waals surface area (Å²) in [7, 11) is 0. The molecule has 0 bridgehead atoms. The third kappa shape index (κ3) is 3.14. The number of para-hydroxylation sites is 1. The molecule has 1 amide bonds. The van der Waals surface area contributed by atoms with Crippen molar-refractivity contribution in [2.24, 2.45) is 0 Å². The molecule has 0 radical (unpaired) electrons. The zero-order valence-corrected chi connectivity index (χ0v) is 16.2. The zero-order valence-electron chi connectivity index (χ0n) is 15.4. The molecule has 0 atom stereocenters. The predicted octanol–water partition coefficient (Wildman–Crippen LogP) is 4.03. The van der Waals surface area contributed by atoms with Crippen LogP contribution < -0.4 is 5.32 Å². The Labute approximate surface area is 163 Å². The molecule has 2 heterocycles. The Kier molecular flexibility index (Phi) is 4.40. The second-order valence-corrected chi connectivity index (χ2v) is 8.64. The number of hydrogen-bond acceptors (Lipinski definition) is 4. The molecule has 2 aliphatic rings. The molecule has 0 unspecified atom stereocenters. The summed E-state index contributed by atoms with van der Waals surface area (Å²) in [4.78, 5) is 24.1. The molecular formula is C22H23N3OS. The number of amides is 1. The first-order chi connectivity index (χ1) is 13.3. The van der Waals surface area contributed by atoms with E-state index in [1.54, 1.807) is 0 Å². The number of nitrogens with one attached hydrogen (secondary N) is 1. The van der Waals surface area contributed by atoms with Crippen LogP contribution in [0.2, 0.25) is 0 Å². The Morgan fingerprint density at radius 2 is 1.85 bits per heavy atom. The lowest BCUT2D eigenvalue weighted by Crippen LogP contribution is -2.27. The summed E-state index contributed by atoms with van der Waals surface area (Å²) in [6, 6.07) is 8.00. The van der Waals surface area contributed by atoms with Gasteiger partial charge in [0.2, 0.25) is 0 Å². The van der Waals surface area contributed by atoms with Gasteiger partial charge in [-0.05, 0) is 56.6 Å². The fraction of sp³-hybridized carbons (Fsp3) is 0.409. The summed E-state index contributed by atoms with van der Waals surface area (Å²) in [5.41, 5.74) is 5.32. The topological polar surface area (TPSA) is 54.9 Å². The summed E-state index contributed by atoms with van der Waals surface area (Å²) >= 11 is 1.83. The van der Waals surface area contributed by atoms with Gasteiger partial charge in [0.15, 0.2) is 0 Å². The minimum Gasteiger partial charge on any atom is -0.352 e. The molecule has 5 heteroatoms. The van der Waals surface area contributed by atoms with Crippen molar-refractivity contribution in [3.8, 4) is 0 Å². The standard InChI is InChI=1S/C22H23N3OS/c26-22(23-13-12-20-25-18-9-3-4-11-19(18)27-20)21-14-6-1-2-8-16(14)24-17-10-5-7-15(17)21/h1-2,6,8H,3-5,7,9-13H2,(H,23,26). The van der Waals surface area contributed by atoms with Crippen LogP contribution in [0.4, 0.5) is 0 Å². The van der Waals surface area contributed by atoms with Crippen LogP contribution in [0.1, 0.15) is 56.5 Å². The average molecular weight is 378 g/mol. The number of carbonyl (C=O) groups is 1. The Hall–Kier alpha value is -2.27. The van der Waals surface area contributed by atoms with E-state index in [4.69, 9.17) is 9.97 Å². The molecule has 1 N–H and O–H groups in total. The number of benzene rings is 1. The highest BCUT2D eigenvalue weighted by molar-refractivity contribution is 7.11. The van der Waals surface area contributed by atoms with Gasteiger partial charge in [-0.25, -0.2) is 4.98 Å². The molecule has 5 rings (SSSR count). The Bertz CT molecular complexity index is 1000. The van der Waals surface area contributed by atoms with Gasteiger partial charge >= 0.3 is 0 Å². The lowest BCUT2D eigenvalue weighted by Gasteiger charge is -2.12. The maximum Gasteiger partial charge on any atom is 0.252 e. The van der Waals surface area contributed by atoms with Gasteiger partial charge in [0.05, 0.1) is 21.8 Å². The zero-order chi connectivity index (χ0) is 18.2. The largest absolute Gasteiger partial charge is 0.352 e. The number of rotatable bonds is 4. The van der Waals surface area contributed by atoms with E-state index in [2.05, 4.69) is 5.32 Å². The molecule has 1 aromatic carbocycles. The molecular weight excluding hydrogens is 354 g/mol. The Balaban J connectivity index is 1.35. The summed E-state index contributed by atoms with van der Waals surface area (Å²) in [6.45, 7) is 0.636. The van der Waals surface area contributed by atoms with Crippen LogP contribution in [-0.4, -0.2) is 22.4 Å². The molecule has 0 aliphatic heterocycles. The van der Waals surface area contributed by atoms with Crippen molar-refractivity contribution < 1.29 is 4.79 Å². The van der Waals surface area contributed by atoms with Crippen LogP contribution >= 0.6 is 11.3 Å². The lowest BCUT2D eigenvalue weighted by molar-refractivity contribution is 0.0955. The van der Waals surface area contributed by atoms with Crippen molar-refractivity contribution >= 4 is 28.1 Å². The van der Waals surface area contributed by atoms with Crippen molar-refractivity contribution in [1.29, 1.82) is 0 Å². The second-order valence-electron chi connectivity index (χ2n) is 7.47. The Morgan fingerprint density at radius 1 is 1.00 bits per heavy atom. The van der Waals surface area contributed by atoms with Gasteiger partial charge < -0.3 is 5.32 Å². The highest BCUT2D eigenvalue weighted by Gasteiger charge is 2.23. The molecule has 2 aromatic heterocycles. The number of aryl methyl sites for hydroxylation is 3. The summed E-state index contributed by atoms with van der Waals surface area (Å²) in [6.07, 6.45) is 8.67. The van der Waals surface area contributed by atoms with Gasteiger partial charge in [-0.15, -0.1) is 11.3 Å². The highest BCUT2D eigenvalue weighted by Crippen LogP contribution is 2.30. The van der Waals surface area contributed by atoms with E-state index in [1.807, 2.05) is 35.6 Å². The van der Waals surface area contributed by atoms with E-state index in [0.29, 0.717) is 6.54 Å². The lowest BCUT2D eigenvalue weighted by atomic mass is 10.0. The molecule has 3 aromatic rings. The molecule has 4 nitrogen and oxygen atoms in total. The quantitative estimate of drug-likeness (QED) is 0.747. The van der Waals surface area contributed by atoms with Crippen LogP contribution in [0, 0.1) is 0 Å². The first-order valence-electron chi connectivity index (χ1n) is 9.96. The van der Waals surface area contributed by atoms with E-state index >= 15 is 0 Å². The van der Waals surface area contributed by atoms with Crippen molar-refractivity contribution in [3.05, 3.63) is 56.7 Å². The number of fused-ring (bicyclic) bond motifs is 3. The van der Waals surface area contributed by atoms with Crippen LogP contribution in [-0.2, 0) is 32.1 Å². The fourth-order valence-corrected chi connectivity index (χ4v) is 5.51. The number of thiazole rings is 1. The van der Waals surface area contributed by atoms with Gasteiger partial charge in [0.25, 0.3) is 5.91 Å². The number of pyridine rings is 1. The number of aromatic nitrogens is 2. The fourth-order valence-electron chi connectivity index (χ4n) is 4.35. The van der Waals surface area contributed by atoms with Crippen molar-refractivity contribution in [3.63, 3.8) is 0 Å². The van der Waals surface area contributed by atoms with Gasteiger partial charge in [0.1, 0.15) is 0 Å². The van der Waals surface area contributed by atoms with Crippen molar-refractivity contribution in [1.82, 2.24) is 15.3 Å². The van der Waals surface area contributed by atoms with Crippen LogP contribution in [0.25, 0.3) is 10.9 Å².